The van der Waals surface area contributed by atoms with Gasteiger partial charge in [-0.1, -0.05) is 66.4 Å². The Labute approximate surface area is 162 Å². The zero-order valence-electron chi connectivity index (χ0n) is 14.4. The lowest BCUT2D eigenvalue weighted by molar-refractivity contribution is -0.129. The van der Waals surface area contributed by atoms with E-state index in [1.54, 1.807) is 19.1 Å². The van der Waals surface area contributed by atoms with E-state index < -0.39 is 6.04 Å². The number of anilines is 1. The van der Waals surface area contributed by atoms with Crippen LogP contribution in [0.3, 0.4) is 0 Å². The number of thiocarbonyl (C=S) groups is 1. The van der Waals surface area contributed by atoms with Gasteiger partial charge in [0.05, 0.1) is 4.91 Å². The molecule has 1 aliphatic rings. The van der Waals surface area contributed by atoms with Crippen LogP contribution in [0.15, 0.2) is 59.5 Å². The number of carbonyl (C=O) groups excluding carboxylic acids is 2. The number of aryl methyl sites for hydroxylation is 1. The van der Waals surface area contributed by atoms with E-state index >= 15 is 0 Å². The molecule has 2 amide bonds. The predicted octanol–water partition coefficient (Wildman–Crippen LogP) is 4.22. The van der Waals surface area contributed by atoms with Crippen molar-refractivity contribution in [3.63, 3.8) is 0 Å². The maximum Gasteiger partial charge on any atom is 0.266 e. The third kappa shape index (κ3) is 3.86. The Kier molecular flexibility index (Phi) is 5.54. The van der Waals surface area contributed by atoms with Crippen LogP contribution >= 0.6 is 24.0 Å². The lowest BCUT2D eigenvalue weighted by Gasteiger charge is -2.22. The standard InChI is InChI=1S/C20H18N2O2S2/c1-13-8-6-7-9-15(13)12-17-19(24)22(20(25)26-17)14(2)18(23)21-16-10-4-3-5-11-16/h3-12,14H,1-2H3,(H,21,23)/b17-12-. The fourth-order valence-corrected chi connectivity index (χ4v) is 4.00. The molecule has 0 saturated carbocycles. The Morgan fingerprint density at radius 3 is 2.50 bits per heavy atom. The highest BCUT2D eigenvalue weighted by Gasteiger charge is 2.38. The molecule has 6 heteroatoms. The number of hydrogen-bond donors (Lipinski definition) is 1. The fraction of sp³-hybridized carbons (Fsp3) is 0.150. The van der Waals surface area contributed by atoms with Crippen LogP contribution in [0.5, 0.6) is 0 Å². The molecule has 4 nitrogen and oxygen atoms in total. The summed E-state index contributed by atoms with van der Waals surface area (Å²) in [4.78, 5) is 27.2. The number of amides is 2. The first-order valence-electron chi connectivity index (χ1n) is 8.16. The van der Waals surface area contributed by atoms with Gasteiger partial charge in [0.25, 0.3) is 5.91 Å². The molecule has 0 radical (unpaired) electrons. The van der Waals surface area contributed by atoms with Crippen molar-refractivity contribution in [3.8, 4) is 0 Å². The summed E-state index contributed by atoms with van der Waals surface area (Å²) in [5.41, 5.74) is 2.73. The summed E-state index contributed by atoms with van der Waals surface area (Å²) in [7, 11) is 0. The number of thioether (sulfide) groups is 1. The van der Waals surface area contributed by atoms with Gasteiger partial charge in [0.2, 0.25) is 5.91 Å². The van der Waals surface area contributed by atoms with Gasteiger partial charge in [-0.25, -0.2) is 0 Å². The number of nitrogens with zero attached hydrogens (tertiary/aromatic N) is 1. The van der Waals surface area contributed by atoms with E-state index in [2.05, 4.69) is 5.32 Å². The topological polar surface area (TPSA) is 49.4 Å². The lowest BCUT2D eigenvalue weighted by atomic mass is 10.1. The van der Waals surface area contributed by atoms with Crippen molar-refractivity contribution in [2.75, 3.05) is 5.32 Å². The maximum atomic E-state index is 12.8. The van der Waals surface area contributed by atoms with Crippen molar-refractivity contribution in [1.29, 1.82) is 0 Å². The Hall–Kier alpha value is -2.44. The Balaban J connectivity index is 1.78. The SMILES string of the molecule is Cc1ccccc1/C=C1\SC(=S)N(C(C)C(=O)Nc2ccccc2)C1=O. The van der Waals surface area contributed by atoms with E-state index in [0.29, 0.717) is 14.9 Å². The Morgan fingerprint density at radius 2 is 1.81 bits per heavy atom. The fourth-order valence-electron chi connectivity index (χ4n) is 2.59. The predicted molar refractivity (Wildman–Crippen MR) is 111 cm³/mol. The highest BCUT2D eigenvalue weighted by atomic mass is 32.2. The van der Waals surface area contributed by atoms with Gasteiger partial charge in [0.1, 0.15) is 10.4 Å². The van der Waals surface area contributed by atoms with Crippen LogP contribution in [0.2, 0.25) is 0 Å². The van der Waals surface area contributed by atoms with Crippen LogP contribution in [0.25, 0.3) is 6.08 Å². The van der Waals surface area contributed by atoms with Gasteiger partial charge >= 0.3 is 0 Å². The summed E-state index contributed by atoms with van der Waals surface area (Å²) >= 11 is 6.58. The Morgan fingerprint density at radius 1 is 1.15 bits per heavy atom. The highest BCUT2D eigenvalue weighted by molar-refractivity contribution is 8.26. The van der Waals surface area contributed by atoms with Crippen molar-refractivity contribution in [1.82, 2.24) is 4.90 Å². The monoisotopic (exact) mass is 382 g/mol. The second kappa shape index (κ2) is 7.85. The smallest absolute Gasteiger partial charge is 0.266 e. The number of hydrogen-bond acceptors (Lipinski definition) is 4. The molecule has 0 aliphatic carbocycles. The van der Waals surface area contributed by atoms with Gasteiger partial charge in [0, 0.05) is 5.69 Å². The van der Waals surface area contributed by atoms with Crippen LogP contribution in [0.4, 0.5) is 5.69 Å². The first-order valence-corrected chi connectivity index (χ1v) is 9.38. The second-order valence-electron chi connectivity index (χ2n) is 5.94. The molecule has 3 rings (SSSR count). The van der Waals surface area contributed by atoms with Crippen molar-refractivity contribution in [2.45, 2.75) is 19.9 Å². The van der Waals surface area contributed by atoms with Gasteiger partial charge in [-0.3, -0.25) is 14.5 Å². The summed E-state index contributed by atoms with van der Waals surface area (Å²) in [6, 6.07) is 16.3. The van der Waals surface area contributed by atoms with Crippen LogP contribution in [-0.4, -0.2) is 27.1 Å². The summed E-state index contributed by atoms with van der Waals surface area (Å²) in [5.74, 6) is -0.511. The minimum atomic E-state index is -0.689. The van der Waals surface area contributed by atoms with E-state index in [1.165, 1.54) is 16.7 Å². The van der Waals surface area contributed by atoms with Gasteiger partial charge in [-0.15, -0.1) is 0 Å². The number of nitrogens with one attached hydrogen (secondary N) is 1. The lowest BCUT2D eigenvalue weighted by Crippen LogP contribution is -2.44. The van der Waals surface area contributed by atoms with E-state index in [-0.39, 0.29) is 11.8 Å². The van der Waals surface area contributed by atoms with E-state index in [1.807, 2.05) is 55.5 Å². The second-order valence-corrected chi connectivity index (χ2v) is 7.62. The number of rotatable bonds is 4. The van der Waals surface area contributed by atoms with Crippen molar-refractivity contribution in [3.05, 3.63) is 70.6 Å². The van der Waals surface area contributed by atoms with E-state index in [9.17, 15) is 9.59 Å². The van der Waals surface area contributed by atoms with Crippen molar-refractivity contribution < 1.29 is 9.59 Å². The summed E-state index contributed by atoms with van der Waals surface area (Å²) in [6.07, 6.45) is 1.83. The highest BCUT2D eigenvalue weighted by Crippen LogP contribution is 2.34. The zero-order valence-corrected chi connectivity index (χ0v) is 16.1. The molecule has 26 heavy (non-hydrogen) atoms. The normalized spacial score (nSPS) is 16.8. The average molecular weight is 383 g/mol. The Bertz CT molecular complexity index is 894. The minimum Gasteiger partial charge on any atom is -0.324 e. The molecule has 0 bridgehead atoms. The number of para-hydroxylation sites is 1. The number of carbonyl (C=O) groups is 2. The average Bonchev–Trinajstić information content (AvgIpc) is 2.90. The third-order valence-electron chi connectivity index (χ3n) is 4.11. The molecule has 1 N–H and O–H groups in total. The van der Waals surface area contributed by atoms with Gasteiger partial charge in [0.15, 0.2) is 0 Å². The van der Waals surface area contributed by atoms with Gasteiger partial charge in [-0.2, -0.15) is 0 Å². The zero-order chi connectivity index (χ0) is 18.7. The molecule has 1 saturated heterocycles. The first-order chi connectivity index (χ1) is 12.5. The molecule has 1 aliphatic heterocycles. The minimum absolute atomic E-state index is 0.237. The molecular weight excluding hydrogens is 364 g/mol. The summed E-state index contributed by atoms with van der Waals surface area (Å²) in [5, 5.41) is 2.81. The van der Waals surface area contributed by atoms with Gasteiger partial charge < -0.3 is 5.32 Å². The molecular formula is C20H18N2O2S2. The molecule has 0 aromatic heterocycles. The maximum absolute atomic E-state index is 12.8. The summed E-state index contributed by atoms with van der Waals surface area (Å²) < 4.78 is 0.394. The largest absolute Gasteiger partial charge is 0.324 e. The van der Waals surface area contributed by atoms with Crippen molar-refractivity contribution in [2.24, 2.45) is 0 Å². The summed E-state index contributed by atoms with van der Waals surface area (Å²) in [6.45, 7) is 3.67. The van der Waals surface area contributed by atoms with Crippen LogP contribution in [-0.2, 0) is 9.59 Å². The van der Waals surface area contributed by atoms with Crippen LogP contribution < -0.4 is 5.32 Å². The molecule has 1 unspecified atom stereocenters. The quantitative estimate of drug-likeness (QED) is 0.635. The molecule has 132 valence electrons. The first kappa shape index (κ1) is 18.4. The number of benzene rings is 2. The van der Waals surface area contributed by atoms with E-state index in [4.69, 9.17) is 12.2 Å². The van der Waals surface area contributed by atoms with Crippen molar-refractivity contribution >= 4 is 51.9 Å². The third-order valence-corrected chi connectivity index (χ3v) is 5.44. The molecule has 1 atom stereocenters. The molecule has 2 aromatic rings. The van der Waals surface area contributed by atoms with E-state index in [0.717, 1.165) is 11.1 Å². The molecule has 1 heterocycles. The van der Waals surface area contributed by atoms with Crippen LogP contribution in [0, 0.1) is 6.92 Å². The molecule has 2 aromatic carbocycles. The van der Waals surface area contributed by atoms with Crippen LogP contribution in [0.1, 0.15) is 18.1 Å². The van der Waals surface area contributed by atoms with Gasteiger partial charge in [-0.05, 0) is 43.2 Å². The molecule has 0 spiro atoms. The molecule has 1 fully saturated rings.